The van der Waals surface area contributed by atoms with Gasteiger partial charge in [0.2, 0.25) is 5.91 Å². The van der Waals surface area contributed by atoms with Crippen LogP contribution in [0.5, 0.6) is 0 Å². The van der Waals surface area contributed by atoms with Crippen LogP contribution < -0.4 is 21.1 Å². The van der Waals surface area contributed by atoms with Crippen LogP contribution in [-0.4, -0.2) is 38.6 Å². The molecule has 1 saturated heterocycles. The summed E-state index contributed by atoms with van der Waals surface area (Å²) in [4.78, 5) is 25.4. The summed E-state index contributed by atoms with van der Waals surface area (Å²) in [6.45, 7) is 1.69. The number of carbonyl (C=O) groups excluding carboxylic acids is 2. The molecule has 2 aromatic carbocycles. The van der Waals surface area contributed by atoms with Crippen LogP contribution in [-0.2, 0) is 9.53 Å². The Morgan fingerprint density at radius 1 is 1.28 bits per heavy atom. The van der Waals surface area contributed by atoms with Gasteiger partial charge in [0, 0.05) is 43.1 Å². The molecule has 152 valence electrons. The average molecular weight is 415 g/mol. The molecule has 2 heterocycles. The maximum atomic E-state index is 13.0. The summed E-state index contributed by atoms with van der Waals surface area (Å²) in [7, 11) is 1.64. The first kappa shape index (κ1) is 19.7. The lowest BCUT2D eigenvalue weighted by Gasteiger charge is -2.27. The number of hydrogen-bond acceptors (Lipinski definition) is 5. The molecule has 2 aliphatic rings. The average Bonchev–Trinajstić information content (AvgIpc) is 3.08. The van der Waals surface area contributed by atoms with Crippen molar-refractivity contribution >= 4 is 34.8 Å². The summed E-state index contributed by atoms with van der Waals surface area (Å²) in [5.41, 5.74) is 6.47. The highest BCUT2D eigenvalue weighted by Crippen LogP contribution is 2.40. The fourth-order valence-electron chi connectivity index (χ4n) is 3.75. The Morgan fingerprint density at radius 3 is 2.83 bits per heavy atom. The number of hydrogen-bond donors (Lipinski definition) is 3. The van der Waals surface area contributed by atoms with Gasteiger partial charge in [0.15, 0.2) is 0 Å². The van der Waals surface area contributed by atoms with E-state index in [1.54, 1.807) is 30.3 Å². The van der Waals surface area contributed by atoms with Crippen LogP contribution >= 0.6 is 11.6 Å². The Kier molecular flexibility index (Phi) is 5.71. The molecule has 2 aromatic rings. The topological polar surface area (TPSA) is 82.7 Å². The largest absolute Gasteiger partial charge is 0.385 e. The molecule has 7 nitrogen and oxygen atoms in total. The van der Waals surface area contributed by atoms with E-state index in [-0.39, 0.29) is 23.8 Å². The minimum Gasteiger partial charge on any atom is -0.385 e. The van der Waals surface area contributed by atoms with Crippen LogP contribution in [0, 0.1) is 5.92 Å². The number of hydrazine groups is 1. The zero-order valence-electron chi connectivity index (χ0n) is 16.1. The Bertz CT molecular complexity index is 919. The maximum absolute atomic E-state index is 13.0. The quantitative estimate of drug-likeness (QED) is 0.633. The first-order valence-corrected chi connectivity index (χ1v) is 9.97. The van der Waals surface area contributed by atoms with Crippen molar-refractivity contribution < 1.29 is 14.3 Å². The van der Waals surface area contributed by atoms with Crippen LogP contribution in [0.25, 0.3) is 0 Å². The number of fused-ring (bicyclic) bond motifs is 3. The molecule has 8 heteroatoms. The van der Waals surface area contributed by atoms with Gasteiger partial charge in [0.25, 0.3) is 5.91 Å². The molecule has 2 aliphatic heterocycles. The highest BCUT2D eigenvalue weighted by molar-refractivity contribution is 6.30. The molecule has 0 aliphatic carbocycles. The summed E-state index contributed by atoms with van der Waals surface area (Å²) >= 11 is 5.97. The zero-order valence-corrected chi connectivity index (χ0v) is 16.8. The number of methoxy groups -OCH3 is 1. The van der Waals surface area contributed by atoms with E-state index in [9.17, 15) is 9.59 Å². The predicted octanol–water partition coefficient (Wildman–Crippen LogP) is 2.74. The summed E-state index contributed by atoms with van der Waals surface area (Å²) in [5, 5.41) is 8.40. The fraction of sp³-hybridized carbons (Fsp3) is 0.333. The SMILES string of the molecule is COCCCNC(=O)c1ccc2c(c1)C1NN(c3ccc(Cl)cc3)C(=O)C1CN2. The van der Waals surface area contributed by atoms with Crippen molar-refractivity contribution in [3.8, 4) is 0 Å². The highest BCUT2D eigenvalue weighted by Gasteiger charge is 2.44. The number of halogens is 1. The van der Waals surface area contributed by atoms with E-state index in [0.29, 0.717) is 30.3 Å². The second-order valence-electron chi connectivity index (χ2n) is 7.15. The second kappa shape index (κ2) is 8.41. The summed E-state index contributed by atoms with van der Waals surface area (Å²) in [6, 6.07) is 12.5. The first-order chi connectivity index (χ1) is 14.1. The van der Waals surface area contributed by atoms with Crippen LogP contribution in [0.15, 0.2) is 42.5 Å². The molecule has 1 fully saturated rings. The molecule has 0 aromatic heterocycles. The van der Waals surface area contributed by atoms with Crippen molar-refractivity contribution in [2.75, 3.05) is 37.1 Å². The van der Waals surface area contributed by atoms with Crippen molar-refractivity contribution in [2.24, 2.45) is 5.92 Å². The van der Waals surface area contributed by atoms with Gasteiger partial charge in [-0.05, 0) is 54.4 Å². The van der Waals surface area contributed by atoms with E-state index in [1.807, 2.05) is 24.3 Å². The maximum Gasteiger partial charge on any atom is 0.251 e. The highest BCUT2D eigenvalue weighted by atomic mass is 35.5. The van der Waals surface area contributed by atoms with Gasteiger partial charge >= 0.3 is 0 Å². The Labute approximate surface area is 174 Å². The molecule has 4 rings (SSSR count). The van der Waals surface area contributed by atoms with E-state index in [4.69, 9.17) is 16.3 Å². The molecular weight excluding hydrogens is 392 g/mol. The van der Waals surface area contributed by atoms with Crippen molar-refractivity contribution in [3.63, 3.8) is 0 Å². The van der Waals surface area contributed by atoms with Gasteiger partial charge < -0.3 is 15.4 Å². The molecule has 3 N–H and O–H groups in total. The van der Waals surface area contributed by atoms with Crippen LogP contribution in [0.2, 0.25) is 5.02 Å². The standard InChI is InChI=1S/C21H23ClN4O3/c1-29-10-2-9-23-20(27)13-3-8-18-16(11-13)19-17(12-24-18)21(28)26(25-19)15-6-4-14(22)5-7-15/h3-8,11,17,19,24-25H,2,9-10,12H2,1H3,(H,23,27). The van der Waals surface area contributed by atoms with E-state index in [2.05, 4.69) is 16.1 Å². The van der Waals surface area contributed by atoms with Gasteiger partial charge in [-0.1, -0.05) is 11.6 Å². The third-order valence-corrected chi connectivity index (χ3v) is 5.52. The molecule has 29 heavy (non-hydrogen) atoms. The summed E-state index contributed by atoms with van der Waals surface area (Å²) in [5.74, 6) is -0.395. The number of nitrogens with zero attached hydrogens (tertiary/aromatic N) is 1. The van der Waals surface area contributed by atoms with Gasteiger partial charge in [-0.15, -0.1) is 0 Å². The number of rotatable bonds is 6. The van der Waals surface area contributed by atoms with Crippen LogP contribution in [0.4, 0.5) is 11.4 Å². The van der Waals surface area contributed by atoms with Gasteiger partial charge in [-0.2, -0.15) is 0 Å². The molecule has 0 radical (unpaired) electrons. The third kappa shape index (κ3) is 3.94. The minimum atomic E-state index is -0.252. The monoisotopic (exact) mass is 414 g/mol. The Balaban J connectivity index is 1.54. The molecular formula is C21H23ClN4O3. The molecule has 0 saturated carbocycles. The van der Waals surface area contributed by atoms with Crippen molar-refractivity contribution in [1.29, 1.82) is 0 Å². The number of benzene rings is 2. The molecule has 2 atom stereocenters. The normalized spacial score (nSPS) is 20.1. The fourth-order valence-corrected chi connectivity index (χ4v) is 3.87. The van der Waals surface area contributed by atoms with Crippen molar-refractivity contribution in [3.05, 3.63) is 58.6 Å². The summed E-state index contributed by atoms with van der Waals surface area (Å²) < 4.78 is 5.00. The van der Waals surface area contributed by atoms with Crippen LogP contribution in [0.1, 0.15) is 28.4 Å². The predicted molar refractivity (Wildman–Crippen MR) is 112 cm³/mol. The molecule has 0 bridgehead atoms. The second-order valence-corrected chi connectivity index (χ2v) is 7.58. The van der Waals surface area contributed by atoms with E-state index < -0.39 is 0 Å². The van der Waals surface area contributed by atoms with E-state index in [0.717, 1.165) is 23.4 Å². The van der Waals surface area contributed by atoms with E-state index in [1.165, 1.54) is 0 Å². The molecule has 0 spiro atoms. The number of nitrogens with one attached hydrogen (secondary N) is 3. The Morgan fingerprint density at radius 2 is 2.07 bits per heavy atom. The van der Waals surface area contributed by atoms with Gasteiger partial charge in [-0.3, -0.25) is 9.59 Å². The molecule has 2 amide bonds. The Hall–Kier alpha value is -2.61. The smallest absolute Gasteiger partial charge is 0.251 e. The molecule has 2 unspecified atom stereocenters. The lowest BCUT2D eigenvalue weighted by Crippen LogP contribution is -2.35. The minimum absolute atomic E-state index is 0.00936. The first-order valence-electron chi connectivity index (χ1n) is 9.59. The van der Waals surface area contributed by atoms with Crippen LogP contribution in [0.3, 0.4) is 0 Å². The number of ether oxygens (including phenoxy) is 1. The number of amides is 2. The lowest BCUT2D eigenvalue weighted by atomic mass is 9.88. The van der Waals surface area contributed by atoms with Crippen molar-refractivity contribution in [2.45, 2.75) is 12.5 Å². The van der Waals surface area contributed by atoms with Gasteiger partial charge in [-0.25, -0.2) is 10.4 Å². The van der Waals surface area contributed by atoms with Gasteiger partial charge in [0.05, 0.1) is 17.6 Å². The van der Waals surface area contributed by atoms with Gasteiger partial charge in [0.1, 0.15) is 0 Å². The lowest BCUT2D eigenvalue weighted by molar-refractivity contribution is -0.120. The number of carbonyl (C=O) groups is 2. The van der Waals surface area contributed by atoms with Crippen molar-refractivity contribution in [1.82, 2.24) is 10.7 Å². The zero-order chi connectivity index (χ0) is 20.4. The van der Waals surface area contributed by atoms with E-state index >= 15 is 0 Å². The summed E-state index contributed by atoms with van der Waals surface area (Å²) in [6.07, 6.45) is 0.756. The number of anilines is 2. The third-order valence-electron chi connectivity index (χ3n) is 5.27.